The maximum absolute atomic E-state index is 13.7. The highest BCUT2D eigenvalue weighted by atomic mass is 32.2. The van der Waals surface area contributed by atoms with E-state index in [9.17, 15) is 26.4 Å². The Balaban J connectivity index is 1.84. The number of amidine groups is 1. The molecule has 3 aromatic rings. The first kappa shape index (κ1) is 25.8. The molecule has 0 aromatic heterocycles. The minimum atomic E-state index is -4.12. The van der Waals surface area contributed by atoms with Gasteiger partial charge in [0, 0.05) is 17.4 Å². The average Bonchev–Trinajstić information content (AvgIpc) is 3.26. The van der Waals surface area contributed by atoms with E-state index in [1.54, 1.807) is 24.3 Å². The summed E-state index contributed by atoms with van der Waals surface area (Å²) in [6.07, 6.45) is 1.01. The van der Waals surface area contributed by atoms with Crippen molar-refractivity contribution >= 4 is 48.6 Å². The number of benzene rings is 3. The monoisotopic (exact) mass is 538 g/mol. The minimum Gasteiger partial charge on any atom is -0.339 e. The first-order valence-corrected chi connectivity index (χ1v) is 14.2. The van der Waals surface area contributed by atoms with Crippen LogP contribution in [-0.2, 0) is 19.9 Å². The van der Waals surface area contributed by atoms with Gasteiger partial charge in [0.25, 0.3) is 10.0 Å². The van der Waals surface area contributed by atoms with Gasteiger partial charge in [-0.1, -0.05) is 36.4 Å². The predicted molar refractivity (Wildman–Crippen MR) is 139 cm³/mol. The van der Waals surface area contributed by atoms with E-state index in [-0.39, 0.29) is 38.1 Å². The van der Waals surface area contributed by atoms with Crippen molar-refractivity contribution in [1.82, 2.24) is 4.72 Å². The Labute approximate surface area is 213 Å². The van der Waals surface area contributed by atoms with Crippen LogP contribution < -0.4 is 15.4 Å². The van der Waals surface area contributed by atoms with E-state index in [4.69, 9.17) is 5.41 Å². The van der Waals surface area contributed by atoms with Crippen LogP contribution in [0.1, 0.15) is 27.6 Å². The summed E-state index contributed by atoms with van der Waals surface area (Å²) in [5.74, 6) is -1.79. The average molecular weight is 539 g/mol. The SMILES string of the molecule is CC(=N)NS(=O)(=O)c1cccc(C(=O)C(C(=O)c2cccc(S(C)(=O)=O)c2)=C2Nc3ccccc3N2)c1. The molecular formula is C25H22N4O6S2. The molecule has 0 unspecified atom stereocenters. The number of carbonyl (C=O) groups excluding carboxylic acids is 2. The topological polar surface area (TPSA) is 162 Å². The number of hydrogen-bond acceptors (Lipinski definition) is 9. The van der Waals surface area contributed by atoms with E-state index in [1.807, 2.05) is 0 Å². The predicted octanol–water partition coefficient (Wildman–Crippen LogP) is 3.18. The zero-order valence-electron chi connectivity index (χ0n) is 19.7. The van der Waals surface area contributed by atoms with E-state index < -0.39 is 31.4 Å². The maximum atomic E-state index is 13.7. The zero-order valence-corrected chi connectivity index (χ0v) is 21.3. The van der Waals surface area contributed by atoms with Crippen LogP contribution in [0.4, 0.5) is 11.4 Å². The highest BCUT2D eigenvalue weighted by Crippen LogP contribution is 2.33. The second kappa shape index (κ2) is 9.64. The molecule has 0 radical (unpaired) electrons. The lowest BCUT2D eigenvalue weighted by Gasteiger charge is -2.13. The molecule has 12 heteroatoms. The number of allylic oxidation sites excluding steroid dienone is 1. The highest BCUT2D eigenvalue weighted by Gasteiger charge is 2.30. The summed E-state index contributed by atoms with van der Waals surface area (Å²) in [7, 11) is -7.75. The quantitative estimate of drug-likeness (QED) is 0.0890. The normalized spacial score (nSPS) is 12.6. The van der Waals surface area contributed by atoms with Crippen LogP contribution in [0.15, 0.2) is 94.0 Å². The number of rotatable bonds is 7. The zero-order chi connectivity index (χ0) is 27.0. The number of para-hydroxylation sites is 2. The molecule has 0 bridgehead atoms. The lowest BCUT2D eigenvalue weighted by atomic mass is 9.95. The number of anilines is 2. The lowest BCUT2D eigenvalue weighted by molar-refractivity contribution is 0.0961. The van der Waals surface area contributed by atoms with Gasteiger partial charge < -0.3 is 10.6 Å². The second-order valence-corrected chi connectivity index (χ2v) is 12.0. The molecule has 0 aliphatic carbocycles. The summed E-state index contributed by atoms with van der Waals surface area (Å²) in [5.41, 5.74) is 0.751. The third kappa shape index (κ3) is 5.44. The van der Waals surface area contributed by atoms with Crippen LogP contribution in [-0.4, -0.2) is 40.5 Å². The summed E-state index contributed by atoms with van der Waals surface area (Å²) < 4.78 is 51.3. The van der Waals surface area contributed by atoms with E-state index in [0.29, 0.717) is 11.4 Å². The highest BCUT2D eigenvalue weighted by molar-refractivity contribution is 7.90. The van der Waals surface area contributed by atoms with E-state index in [1.165, 1.54) is 49.4 Å². The molecule has 0 amide bonds. The third-order valence-electron chi connectivity index (χ3n) is 5.37. The summed E-state index contributed by atoms with van der Waals surface area (Å²) in [5, 5.41) is 13.4. The Bertz CT molecular complexity index is 1680. The summed E-state index contributed by atoms with van der Waals surface area (Å²) in [6, 6.07) is 17.4. The maximum Gasteiger partial charge on any atom is 0.262 e. The van der Waals surface area contributed by atoms with Crippen LogP contribution in [0.25, 0.3) is 0 Å². The van der Waals surface area contributed by atoms with Crippen LogP contribution in [0.3, 0.4) is 0 Å². The van der Waals surface area contributed by atoms with Crippen molar-refractivity contribution in [2.24, 2.45) is 0 Å². The fourth-order valence-corrected chi connectivity index (χ4v) is 5.41. The van der Waals surface area contributed by atoms with Gasteiger partial charge >= 0.3 is 0 Å². The lowest BCUT2D eigenvalue weighted by Crippen LogP contribution is -2.28. The molecule has 4 N–H and O–H groups in total. The van der Waals surface area contributed by atoms with Gasteiger partial charge in [-0.2, -0.15) is 0 Å². The van der Waals surface area contributed by atoms with E-state index in [2.05, 4.69) is 15.4 Å². The number of sulfonamides is 1. The third-order valence-corrected chi connectivity index (χ3v) is 7.93. The van der Waals surface area contributed by atoms with Crippen LogP contribution in [0, 0.1) is 5.41 Å². The number of carbonyl (C=O) groups is 2. The summed E-state index contributed by atoms with van der Waals surface area (Å²) in [6.45, 7) is 1.26. The number of fused-ring (bicyclic) bond motifs is 1. The molecule has 37 heavy (non-hydrogen) atoms. The number of sulfone groups is 1. The van der Waals surface area contributed by atoms with Crippen molar-refractivity contribution in [3.05, 3.63) is 95.3 Å². The molecule has 1 heterocycles. The molecule has 1 aliphatic rings. The Morgan fingerprint density at radius 2 is 1.24 bits per heavy atom. The Hall–Kier alpha value is -4.29. The Kier molecular flexibility index (Phi) is 6.72. The van der Waals surface area contributed by atoms with Gasteiger partial charge in [0.05, 0.1) is 21.2 Å². The van der Waals surface area contributed by atoms with E-state index in [0.717, 1.165) is 12.3 Å². The molecule has 0 spiro atoms. The first-order chi connectivity index (χ1) is 17.4. The number of nitrogens with one attached hydrogen (secondary N) is 4. The Morgan fingerprint density at radius 3 is 1.73 bits per heavy atom. The van der Waals surface area contributed by atoms with Crippen molar-refractivity contribution in [2.45, 2.75) is 16.7 Å². The molecule has 1 aliphatic heterocycles. The summed E-state index contributed by atoms with van der Waals surface area (Å²) in [4.78, 5) is 27.1. The fraction of sp³-hybridized carbons (Fsp3) is 0.0800. The minimum absolute atomic E-state index is 0.0387. The molecule has 10 nitrogen and oxygen atoms in total. The van der Waals surface area contributed by atoms with Gasteiger partial charge in [-0.05, 0) is 43.3 Å². The molecule has 190 valence electrons. The molecule has 0 saturated heterocycles. The molecule has 3 aromatic carbocycles. The number of ketones is 2. The van der Waals surface area contributed by atoms with Gasteiger partial charge in [-0.25, -0.2) is 16.8 Å². The van der Waals surface area contributed by atoms with Gasteiger partial charge in [-0.3, -0.25) is 19.7 Å². The van der Waals surface area contributed by atoms with Crippen LogP contribution in [0.5, 0.6) is 0 Å². The Morgan fingerprint density at radius 1 is 0.757 bits per heavy atom. The smallest absolute Gasteiger partial charge is 0.262 e. The fourth-order valence-electron chi connectivity index (χ4n) is 3.68. The second-order valence-electron chi connectivity index (χ2n) is 8.26. The molecule has 0 saturated carbocycles. The van der Waals surface area contributed by atoms with Crippen molar-refractivity contribution < 1.29 is 26.4 Å². The molecule has 0 fully saturated rings. The molecule has 4 rings (SSSR count). The van der Waals surface area contributed by atoms with Crippen LogP contribution >= 0.6 is 0 Å². The van der Waals surface area contributed by atoms with Crippen molar-refractivity contribution in [3.63, 3.8) is 0 Å². The molecule has 0 atom stereocenters. The van der Waals surface area contributed by atoms with Gasteiger partial charge in [0.2, 0.25) is 11.6 Å². The summed E-state index contributed by atoms with van der Waals surface area (Å²) >= 11 is 0. The first-order valence-electron chi connectivity index (χ1n) is 10.8. The van der Waals surface area contributed by atoms with Gasteiger partial charge in [0.15, 0.2) is 9.84 Å². The van der Waals surface area contributed by atoms with Crippen molar-refractivity contribution in [1.29, 1.82) is 5.41 Å². The van der Waals surface area contributed by atoms with Crippen LogP contribution in [0.2, 0.25) is 0 Å². The standard InChI is InChI=1S/C25H22N4O6S2/c1-15(26)29-37(34,35)19-10-6-8-17(14-19)24(31)22(25-27-20-11-3-4-12-21(20)28-25)23(30)16-7-5-9-18(13-16)36(2,32)33/h3-14,27-28H,1-2H3,(H2,26,29). The van der Waals surface area contributed by atoms with Gasteiger partial charge in [-0.15, -0.1) is 0 Å². The largest absolute Gasteiger partial charge is 0.339 e. The van der Waals surface area contributed by atoms with Crippen molar-refractivity contribution in [2.75, 3.05) is 16.9 Å². The molecular weight excluding hydrogens is 516 g/mol. The van der Waals surface area contributed by atoms with Crippen molar-refractivity contribution in [3.8, 4) is 0 Å². The number of hydrogen-bond donors (Lipinski definition) is 4. The van der Waals surface area contributed by atoms with Gasteiger partial charge in [0.1, 0.15) is 17.2 Å². The number of Topliss-reactive ketones (excluding diaryl/α,β-unsaturated/α-hetero) is 2. The van der Waals surface area contributed by atoms with E-state index >= 15 is 0 Å².